The van der Waals surface area contributed by atoms with Gasteiger partial charge >= 0.3 is 0 Å². The van der Waals surface area contributed by atoms with Crippen molar-refractivity contribution in [1.29, 1.82) is 0 Å². The van der Waals surface area contributed by atoms with Gasteiger partial charge in [-0.3, -0.25) is 4.98 Å². The number of benzene rings is 5. The molecule has 0 N–H and O–H groups in total. The van der Waals surface area contributed by atoms with E-state index in [1.165, 1.54) is 83.8 Å². The Morgan fingerprint density at radius 2 is 1.56 bits per heavy atom. The van der Waals surface area contributed by atoms with Crippen LogP contribution in [0.3, 0.4) is 0 Å². The van der Waals surface area contributed by atoms with Crippen LogP contribution in [0.25, 0.3) is 56.6 Å². The Balaban J connectivity index is 1.09. The highest BCUT2D eigenvalue weighted by Gasteiger charge is 2.34. The monoisotopic (exact) mass is 707 g/mol. The summed E-state index contributed by atoms with van der Waals surface area (Å²) in [6.07, 6.45) is 27.6. The largest absolute Gasteiger partial charge is 0.256 e. The molecule has 1 nitrogen and oxygen atoms in total. The first-order valence-electron chi connectivity index (χ1n) is 20.0. The Bertz CT molecular complexity index is 2910. The molecule has 55 heavy (non-hydrogen) atoms. The minimum Gasteiger partial charge on any atom is -0.256 e. The van der Waals surface area contributed by atoms with Crippen molar-refractivity contribution in [1.82, 2.24) is 4.98 Å². The lowest BCUT2D eigenvalue weighted by Gasteiger charge is -2.36. The van der Waals surface area contributed by atoms with E-state index in [1.54, 1.807) is 0 Å². The van der Waals surface area contributed by atoms with Gasteiger partial charge in [0.2, 0.25) is 0 Å². The second-order valence-corrected chi connectivity index (χ2v) is 15.8. The molecular formula is C54H45N. The molecule has 5 aromatic carbocycles. The van der Waals surface area contributed by atoms with Crippen molar-refractivity contribution < 1.29 is 0 Å². The van der Waals surface area contributed by atoms with E-state index in [2.05, 4.69) is 176 Å². The Labute approximate surface area is 323 Å². The van der Waals surface area contributed by atoms with Gasteiger partial charge in [-0.2, -0.15) is 0 Å². The highest BCUT2D eigenvalue weighted by Crippen LogP contribution is 2.45. The van der Waals surface area contributed by atoms with Crippen LogP contribution < -0.4 is 20.9 Å². The summed E-state index contributed by atoms with van der Waals surface area (Å²) in [6, 6.07) is 40.7. The molecule has 1 aromatic heterocycles. The molecule has 6 aromatic rings. The molecule has 0 fully saturated rings. The molecule has 0 saturated heterocycles. The van der Waals surface area contributed by atoms with E-state index < -0.39 is 0 Å². The first-order chi connectivity index (χ1) is 27.1. The van der Waals surface area contributed by atoms with Crippen molar-refractivity contribution >= 4 is 45.5 Å². The number of hydrogen-bond donors (Lipinski definition) is 0. The van der Waals surface area contributed by atoms with Gasteiger partial charge in [0.1, 0.15) is 0 Å². The van der Waals surface area contributed by atoms with Gasteiger partial charge < -0.3 is 0 Å². The molecule has 0 amide bonds. The van der Waals surface area contributed by atoms with Gasteiger partial charge in [0.25, 0.3) is 0 Å². The smallest absolute Gasteiger partial charge is 0.0774 e. The number of nitrogens with zero attached hydrogens (tertiary/aromatic N) is 1. The molecule has 0 bridgehead atoms. The molecular weight excluding hydrogens is 663 g/mol. The molecule has 266 valence electrons. The fourth-order valence-electron chi connectivity index (χ4n) is 9.69. The average molecular weight is 708 g/mol. The molecule has 4 aliphatic carbocycles. The van der Waals surface area contributed by atoms with Gasteiger partial charge in [0.15, 0.2) is 0 Å². The topological polar surface area (TPSA) is 12.9 Å². The summed E-state index contributed by atoms with van der Waals surface area (Å²) in [6.45, 7) is 6.69. The van der Waals surface area contributed by atoms with Crippen molar-refractivity contribution in [2.24, 2.45) is 17.8 Å². The van der Waals surface area contributed by atoms with Gasteiger partial charge in [-0.15, -0.1) is 0 Å². The van der Waals surface area contributed by atoms with E-state index in [-0.39, 0.29) is 11.8 Å². The predicted molar refractivity (Wildman–Crippen MR) is 233 cm³/mol. The summed E-state index contributed by atoms with van der Waals surface area (Å²) >= 11 is 0. The number of pyridine rings is 1. The maximum Gasteiger partial charge on any atom is 0.0774 e. The lowest BCUT2D eigenvalue weighted by molar-refractivity contribution is 0.551. The van der Waals surface area contributed by atoms with E-state index in [4.69, 9.17) is 0 Å². The highest BCUT2D eigenvalue weighted by molar-refractivity contribution is 5.96. The van der Waals surface area contributed by atoms with Crippen LogP contribution >= 0.6 is 0 Å². The van der Waals surface area contributed by atoms with Crippen LogP contribution in [-0.4, -0.2) is 4.98 Å². The van der Waals surface area contributed by atoms with Crippen LogP contribution in [0.15, 0.2) is 175 Å². The second kappa shape index (κ2) is 14.0. The van der Waals surface area contributed by atoms with E-state index in [0.717, 1.165) is 29.0 Å². The molecule has 4 unspecified atom stereocenters. The van der Waals surface area contributed by atoms with Gasteiger partial charge in [-0.25, -0.2) is 0 Å². The van der Waals surface area contributed by atoms with Crippen molar-refractivity contribution in [3.05, 3.63) is 207 Å². The summed E-state index contributed by atoms with van der Waals surface area (Å²) in [5.74, 6) is 1.52. The third-order valence-corrected chi connectivity index (χ3v) is 12.7. The number of aromatic nitrogens is 1. The Morgan fingerprint density at radius 3 is 2.45 bits per heavy atom. The van der Waals surface area contributed by atoms with Crippen molar-refractivity contribution in [3.8, 4) is 11.1 Å². The minimum atomic E-state index is 0.268. The predicted octanol–water partition coefficient (Wildman–Crippen LogP) is 10.4. The quantitative estimate of drug-likeness (QED) is 0.168. The maximum atomic E-state index is 4.59. The molecule has 0 spiro atoms. The fraction of sp³-hybridized carbons (Fsp3) is 0.167. The van der Waals surface area contributed by atoms with Gasteiger partial charge in [0.05, 0.1) is 5.52 Å². The lowest BCUT2D eigenvalue weighted by Crippen LogP contribution is -2.41. The zero-order valence-corrected chi connectivity index (χ0v) is 31.5. The molecule has 0 saturated carbocycles. The van der Waals surface area contributed by atoms with Gasteiger partial charge in [0, 0.05) is 28.6 Å². The Hall–Kier alpha value is -6.05. The number of rotatable bonds is 6. The maximum absolute atomic E-state index is 4.59. The minimum absolute atomic E-state index is 0.268. The van der Waals surface area contributed by atoms with E-state index in [9.17, 15) is 0 Å². The first-order valence-corrected chi connectivity index (χ1v) is 20.0. The van der Waals surface area contributed by atoms with Crippen LogP contribution in [0, 0.1) is 17.8 Å². The number of hydrogen-bond acceptors (Lipinski definition) is 1. The third-order valence-electron chi connectivity index (χ3n) is 12.7. The number of allylic oxidation sites excluding steroid dienone is 10. The Morgan fingerprint density at radius 1 is 0.764 bits per heavy atom. The number of fused-ring (bicyclic) bond motifs is 5. The molecule has 0 radical (unpaired) electrons. The first kappa shape index (κ1) is 33.5. The summed E-state index contributed by atoms with van der Waals surface area (Å²) in [4.78, 5) is 4.59. The van der Waals surface area contributed by atoms with Crippen molar-refractivity contribution in [3.63, 3.8) is 0 Å². The second-order valence-electron chi connectivity index (χ2n) is 15.8. The normalized spacial score (nSPS) is 20.9. The summed E-state index contributed by atoms with van der Waals surface area (Å²) in [5.41, 5.74) is 12.1. The van der Waals surface area contributed by atoms with Crippen LogP contribution in [0.5, 0.6) is 0 Å². The summed E-state index contributed by atoms with van der Waals surface area (Å²) in [5, 5.41) is 8.68. The SMILES string of the molecule is C=c1/c(=C\CC(C)c2ccc(-c3ccc4c(c3)=C(C3=CC=C5C=CCCC5C3)C3C=CC=CC3C=4c3cccc4ccccc34)cc2)ccc2cccnc12. The van der Waals surface area contributed by atoms with Crippen LogP contribution in [-0.2, 0) is 0 Å². The third kappa shape index (κ3) is 6.00. The summed E-state index contributed by atoms with van der Waals surface area (Å²) in [7, 11) is 0. The summed E-state index contributed by atoms with van der Waals surface area (Å²) < 4.78 is 0. The van der Waals surface area contributed by atoms with E-state index in [0.29, 0.717) is 11.8 Å². The van der Waals surface area contributed by atoms with Crippen LogP contribution in [0.2, 0.25) is 0 Å². The fourth-order valence-corrected chi connectivity index (χ4v) is 9.69. The van der Waals surface area contributed by atoms with E-state index in [1.807, 2.05) is 12.3 Å². The Kier molecular flexibility index (Phi) is 8.52. The van der Waals surface area contributed by atoms with Gasteiger partial charge in [-0.05, 0) is 121 Å². The lowest BCUT2D eigenvalue weighted by atomic mass is 9.67. The molecule has 10 rings (SSSR count). The van der Waals surface area contributed by atoms with Crippen LogP contribution in [0.4, 0.5) is 0 Å². The standard InChI is InChI=1S/C54H45N/c1-35(20-21-38-24-28-42-15-10-32-55-54(42)36(38)2)37-22-25-40(26-23-37)44-30-31-50-51(34-44)52(45-29-27-39-11-3-4-13-43(39)33-45)48-17-7-8-18-49(48)53(50)47-19-9-14-41-12-5-6-16-46(41)47/h3,5-12,14-19,21-32,34-35,43,48-49H,2,4,13,20,33H2,1H3/b38-21-. The molecule has 1 heteroatoms. The van der Waals surface area contributed by atoms with Gasteiger partial charge in [-0.1, -0.05) is 165 Å². The average Bonchev–Trinajstić information content (AvgIpc) is 3.25. The molecule has 4 aliphatic rings. The molecule has 1 heterocycles. The van der Waals surface area contributed by atoms with E-state index >= 15 is 0 Å². The highest BCUT2D eigenvalue weighted by atomic mass is 14.6. The zero-order valence-electron chi connectivity index (χ0n) is 31.5. The van der Waals surface area contributed by atoms with Crippen molar-refractivity contribution in [2.45, 2.75) is 38.5 Å². The molecule has 4 atom stereocenters. The van der Waals surface area contributed by atoms with Crippen molar-refractivity contribution in [2.75, 3.05) is 0 Å². The molecule has 0 aliphatic heterocycles. The zero-order chi connectivity index (χ0) is 36.9. The van der Waals surface area contributed by atoms with Crippen LogP contribution in [0.1, 0.15) is 49.7 Å².